The standard InChI is InChI=1S/C30H32N4O6S/c31-29(37)24(17-22-11-14-23(15-12-22)26-19-28(36)34-41(26,39)40)33-30(38)25(18-21-9-5-2-6-10-21)32-27(35)16-13-20-7-3-1-4-8-20/h1-12,14-15,24-26H,13,16-19H2,(H2,31,37)(H,32,35)(H,33,38)(H,34,36)/t24-,25-,26?/m0/s1. The predicted molar refractivity (Wildman–Crippen MR) is 153 cm³/mol. The van der Waals surface area contributed by atoms with Gasteiger partial charge < -0.3 is 16.4 Å². The number of aryl methyl sites for hydroxylation is 1. The Kier molecular flexibility index (Phi) is 9.51. The van der Waals surface area contributed by atoms with Crippen molar-refractivity contribution >= 4 is 33.7 Å². The fourth-order valence-corrected chi connectivity index (χ4v) is 6.10. The van der Waals surface area contributed by atoms with Crippen molar-refractivity contribution in [2.24, 2.45) is 5.73 Å². The summed E-state index contributed by atoms with van der Waals surface area (Å²) >= 11 is 0. The van der Waals surface area contributed by atoms with Crippen molar-refractivity contribution in [1.29, 1.82) is 0 Å². The summed E-state index contributed by atoms with van der Waals surface area (Å²) in [7, 11) is -3.79. The first kappa shape index (κ1) is 29.5. The zero-order valence-electron chi connectivity index (χ0n) is 22.3. The second-order valence-electron chi connectivity index (χ2n) is 9.97. The molecular weight excluding hydrogens is 544 g/mol. The number of hydrogen-bond donors (Lipinski definition) is 4. The average Bonchev–Trinajstić information content (AvgIpc) is 3.24. The summed E-state index contributed by atoms with van der Waals surface area (Å²) in [4.78, 5) is 50.0. The fourth-order valence-electron chi connectivity index (χ4n) is 4.67. The molecule has 0 aliphatic carbocycles. The Morgan fingerprint density at radius 1 is 0.805 bits per heavy atom. The minimum atomic E-state index is -3.79. The van der Waals surface area contributed by atoms with Gasteiger partial charge in [-0.25, -0.2) is 8.42 Å². The second-order valence-corrected chi connectivity index (χ2v) is 11.8. The van der Waals surface area contributed by atoms with Crippen molar-refractivity contribution in [1.82, 2.24) is 15.4 Å². The van der Waals surface area contributed by atoms with Gasteiger partial charge >= 0.3 is 0 Å². The van der Waals surface area contributed by atoms with Gasteiger partial charge in [0, 0.05) is 19.3 Å². The van der Waals surface area contributed by atoms with Crippen LogP contribution in [0.3, 0.4) is 0 Å². The first-order valence-electron chi connectivity index (χ1n) is 13.2. The monoisotopic (exact) mass is 576 g/mol. The largest absolute Gasteiger partial charge is 0.368 e. The van der Waals surface area contributed by atoms with Crippen LogP contribution in [0, 0.1) is 0 Å². The van der Waals surface area contributed by atoms with Gasteiger partial charge in [0.2, 0.25) is 33.7 Å². The lowest BCUT2D eigenvalue weighted by Crippen LogP contribution is -2.54. The fraction of sp³-hybridized carbons (Fsp3) is 0.267. The van der Waals surface area contributed by atoms with Crippen molar-refractivity contribution in [2.45, 2.75) is 49.4 Å². The van der Waals surface area contributed by atoms with Crippen LogP contribution in [0.5, 0.6) is 0 Å². The highest BCUT2D eigenvalue weighted by Gasteiger charge is 2.37. The molecule has 1 unspecified atom stereocenters. The lowest BCUT2D eigenvalue weighted by Gasteiger charge is -2.22. The van der Waals surface area contributed by atoms with E-state index < -0.39 is 45.1 Å². The van der Waals surface area contributed by atoms with Gasteiger partial charge in [-0.2, -0.15) is 0 Å². The predicted octanol–water partition coefficient (Wildman–Crippen LogP) is 1.45. The van der Waals surface area contributed by atoms with Crippen molar-refractivity contribution in [3.8, 4) is 0 Å². The van der Waals surface area contributed by atoms with Crippen LogP contribution >= 0.6 is 0 Å². The molecule has 5 N–H and O–H groups in total. The second kappa shape index (κ2) is 13.2. The Morgan fingerprint density at radius 3 is 1.93 bits per heavy atom. The molecule has 1 aliphatic rings. The maximum Gasteiger partial charge on any atom is 0.243 e. The van der Waals surface area contributed by atoms with Gasteiger partial charge in [0.05, 0.1) is 6.42 Å². The molecule has 0 spiro atoms. The molecule has 0 radical (unpaired) electrons. The number of primary amides is 1. The summed E-state index contributed by atoms with van der Waals surface area (Å²) in [5.41, 5.74) is 8.51. The van der Waals surface area contributed by atoms with E-state index in [0.29, 0.717) is 17.5 Å². The van der Waals surface area contributed by atoms with Crippen LogP contribution in [0.4, 0.5) is 0 Å². The van der Waals surface area contributed by atoms with E-state index in [2.05, 4.69) is 10.6 Å². The van der Waals surface area contributed by atoms with Gasteiger partial charge in [0.15, 0.2) is 0 Å². The molecule has 11 heteroatoms. The van der Waals surface area contributed by atoms with E-state index in [-0.39, 0.29) is 31.6 Å². The zero-order chi connectivity index (χ0) is 29.4. The molecule has 1 heterocycles. The van der Waals surface area contributed by atoms with E-state index in [1.54, 1.807) is 24.3 Å². The molecule has 1 saturated heterocycles. The highest BCUT2D eigenvalue weighted by atomic mass is 32.2. The van der Waals surface area contributed by atoms with Crippen molar-refractivity contribution < 1.29 is 27.6 Å². The third-order valence-corrected chi connectivity index (χ3v) is 8.57. The molecule has 3 atom stereocenters. The van der Waals surface area contributed by atoms with Gasteiger partial charge in [-0.15, -0.1) is 0 Å². The van der Waals surface area contributed by atoms with Crippen LogP contribution < -0.4 is 21.1 Å². The van der Waals surface area contributed by atoms with E-state index in [1.165, 1.54) is 0 Å². The Morgan fingerprint density at radius 2 is 1.37 bits per heavy atom. The number of rotatable bonds is 12. The summed E-state index contributed by atoms with van der Waals surface area (Å²) in [6.45, 7) is 0. The first-order chi connectivity index (χ1) is 19.6. The highest BCUT2D eigenvalue weighted by Crippen LogP contribution is 2.30. The average molecular weight is 577 g/mol. The third-order valence-electron chi connectivity index (χ3n) is 6.87. The van der Waals surface area contributed by atoms with Crippen LogP contribution in [-0.2, 0) is 48.5 Å². The van der Waals surface area contributed by atoms with Crippen LogP contribution in [-0.4, -0.2) is 44.1 Å². The number of nitrogens with one attached hydrogen (secondary N) is 3. The van der Waals surface area contributed by atoms with E-state index >= 15 is 0 Å². The molecular formula is C30H32N4O6S. The van der Waals surface area contributed by atoms with Crippen molar-refractivity contribution in [2.75, 3.05) is 0 Å². The quantitative estimate of drug-likeness (QED) is 0.255. The lowest BCUT2D eigenvalue weighted by molar-refractivity contribution is -0.131. The Bertz CT molecular complexity index is 1490. The van der Waals surface area contributed by atoms with Gasteiger partial charge in [-0.05, 0) is 28.7 Å². The minimum Gasteiger partial charge on any atom is -0.368 e. The molecule has 1 fully saturated rings. The number of benzene rings is 3. The molecule has 3 aromatic carbocycles. The number of sulfonamides is 1. The van der Waals surface area contributed by atoms with Crippen molar-refractivity contribution in [3.63, 3.8) is 0 Å². The SMILES string of the molecule is NC(=O)[C@H](Cc1ccc(C2CC(=O)NS2(=O)=O)cc1)NC(=O)[C@H](Cc1ccccc1)NC(=O)CCc1ccccc1. The summed E-state index contributed by atoms with van der Waals surface area (Å²) in [6, 6.07) is 23.1. The smallest absolute Gasteiger partial charge is 0.243 e. The van der Waals surface area contributed by atoms with Gasteiger partial charge in [-0.1, -0.05) is 84.9 Å². The minimum absolute atomic E-state index is 0.0515. The Hall–Kier alpha value is -4.51. The van der Waals surface area contributed by atoms with Gasteiger partial charge in [0.1, 0.15) is 17.3 Å². The molecule has 0 aromatic heterocycles. The van der Waals surface area contributed by atoms with Crippen LogP contribution in [0.1, 0.15) is 40.3 Å². The number of carbonyl (C=O) groups is 4. The molecule has 41 heavy (non-hydrogen) atoms. The normalized spacial score (nSPS) is 17.2. The summed E-state index contributed by atoms with van der Waals surface area (Å²) in [5.74, 6) is -2.17. The van der Waals surface area contributed by atoms with Crippen molar-refractivity contribution in [3.05, 3.63) is 107 Å². The highest BCUT2D eigenvalue weighted by molar-refractivity contribution is 7.90. The molecule has 0 bridgehead atoms. The summed E-state index contributed by atoms with van der Waals surface area (Å²) in [6.07, 6.45) is 0.800. The van der Waals surface area contributed by atoms with Crippen LogP contribution in [0.15, 0.2) is 84.9 Å². The summed E-state index contributed by atoms with van der Waals surface area (Å²) < 4.78 is 26.3. The lowest BCUT2D eigenvalue weighted by atomic mass is 10.0. The van der Waals surface area contributed by atoms with Crippen LogP contribution in [0.2, 0.25) is 0 Å². The topological polar surface area (TPSA) is 165 Å². The Labute approximate surface area is 238 Å². The molecule has 4 rings (SSSR count). The molecule has 10 nitrogen and oxygen atoms in total. The Balaban J connectivity index is 1.43. The number of carbonyl (C=O) groups excluding carboxylic acids is 4. The van der Waals surface area contributed by atoms with E-state index in [0.717, 1.165) is 11.1 Å². The molecule has 4 amide bonds. The number of hydrogen-bond acceptors (Lipinski definition) is 6. The first-order valence-corrected chi connectivity index (χ1v) is 14.8. The maximum absolute atomic E-state index is 13.4. The van der Waals surface area contributed by atoms with Crippen LogP contribution in [0.25, 0.3) is 0 Å². The van der Waals surface area contributed by atoms with E-state index in [1.807, 2.05) is 65.4 Å². The van der Waals surface area contributed by atoms with Gasteiger partial charge in [-0.3, -0.25) is 23.9 Å². The number of amides is 4. The zero-order valence-corrected chi connectivity index (χ0v) is 23.1. The number of nitrogens with two attached hydrogens (primary N) is 1. The van der Waals surface area contributed by atoms with E-state index in [4.69, 9.17) is 5.73 Å². The maximum atomic E-state index is 13.4. The molecule has 3 aromatic rings. The van der Waals surface area contributed by atoms with E-state index in [9.17, 15) is 27.6 Å². The molecule has 0 saturated carbocycles. The van der Waals surface area contributed by atoms with Gasteiger partial charge in [0.25, 0.3) is 0 Å². The molecule has 1 aliphatic heterocycles. The summed E-state index contributed by atoms with van der Waals surface area (Å²) in [5, 5.41) is 4.49. The molecule has 214 valence electrons. The third kappa shape index (κ3) is 8.24.